The van der Waals surface area contributed by atoms with Crippen LogP contribution in [0.25, 0.3) is 17.0 Å². The first-order chi connectivity index (χ1) is 21.9. The number of rotatable bonds is 14. The topological polar surface area (TPSA) is 97.6 Å². The zero-order valence-electron chi connectivity index (χ0n) is 29.5. The minimum absolute atomic E-state index is 0.0102. The molecule has 2 aliphatic carbocycles. The van der Waals surface area contributed by atoms with Gasteiger partial charge in [0.1, 0.15) is 30.0 Å². The normalized spacial score (nSPS) is 23.0. The van der Waals surface area contributed by atoms with Gasteiger partial charge in [-0.25, -0.2) is 15.0 Å². The lowest BCUT2D eigenvalue weighted by molar-refractivity contribution is -0.00111. The summed E-state index contributed by atoms with van der Waals surface area (Å²) in [7, 11) is 0. The van der Waals surface area contributed by atoms with Crippen LogP contribution >= 0.6 is 0 Å². The molecule has 0 bridgehead atoms. The van der Waals surface area contributed by atoms with Crippen LogP contribution in [-0.2, 0) is 10.2 Å². The van der Waals surface area contributed by atoms with Gasteiger partial charge in [0, 0.05) is 18.2 Å². The third-order valence-corrected chi connectivity index (χ3v) is 9.90. The molecule has 0 fully saturated rings. The van der Waals surface area contributed by atoms with E-state index in [0.29, 0.717) is 41.3 Å². The van der Waals surface area contributed by atoms with Gasteiger partial charge in [0.05, 0.1) is 17.6 Å². The Morgan fingerprint density at radius 1 is 0.978 bits per heavy atom. The number of hydrogen-bond donors (Lipinski definition) is 2. The van der Waals surface area contributed by atoms with E-state index in [1.807, 2.05) is 0 Å². The standard InChI is InChI=1S/C39H55N3O4/c1-10-12-13-30(11-2)21-45-22-31(43)23-46-32-14-15-33(34(44)20-32)36-40-37(35-26(5)16-24(3)17-27(35)6)42-38(41-36)39(9)28(7)18-25(4)19-29(39)8/h14-16,18-20,27-28,30-31,43-44H,10-13,17,21-23H2,1-9H3. The van der Waals surface area contributed by atoms with E-state index in [0.717, 1.165) is 30.4 Å². The number of ether oxygens (including phenoxy) is 2. The number of nitrogens with zero attached hydrogens (tertiary/aromatic N) is 3. The molecule has 1 aromatic heterocycles. The smallest absolute Gasteiger partial charge is 0.167 e. The van der Waals surface area contributed by atoms with E-state index in [2.05, 4.69) is 80.5 Å². The lowest BCUT2D eigenvalue weighted by Crippen LogP contribution is -2.35. The van der Waals surface area contributed by atoms with E-state index in [-0.39, 0.29) is 30.8 Å². The number of aromatic hydroxyl groups is 1. The summed E-state index contributed by atoms with van der Waals surface area (Å²) in [4.78, 5) is 15.2. The van der Waals surface area contributed by atoms with Crippen LogP contribution in [0.4, 0.5) is 0 Å². The van der Waals surface area contributed by atoms with Gasteiger partial charge in [0.25, 0.3) is 0 Å². The summed E-state index contributed by atoms with van der Waals surface area (Å²) < 4.78 is 11.6. The molecular formula is C39H55N3O4. The fourth-order valence-electron chi connectivity index (χ4n) is 6.87. The molecule has 0 radical (unpaired) electrons. The molecule has 7 nitrogen and oxygen atoms in total. The minimum Gasteiger partial charge on any atom is -0.507 e. The number of phenolic OH excluding ortho intramolecular Hbond substituents is 1. The number of hydrogen-bond acceptors (Lipinski definition) is 7. The summed E-state index contributed by atoms with van der Waals surface area (Å²) in [5, 5.41) is 21.7. The quantitative estimate of drug-likeness (QED) is 0.216. The number of phenols is 1. The van der Waals surface area contributed by atoms with Crippen LogP contribution < -0.4 is 4.74 Å². The number of unbranched alkanes of at least 4 members (excludes halogenated alkanes) is 1. The zero-order chi connectivity index (χ0) is 33.6. The fourth-order valence-corrected chi connectivity index (χ4v) is 6.87. The third-order valence-electron chi connectivity index (χ3n) is 9.90. The van der Waals surface area contributed by atoms with Gasteiger partial charge in [0.2, 0.25) is 0 Å². The fraction of sp³-hybridized carbons (Fsp3) is 0.564. The Morgan fingerprint density at radius 2 is 1.72 bits per heavy atom. The lowest BCUT2D eigenvalue weighted by Gasteiger charge is -2.37. The van der Waals surface area contributed by atoms with E-state index in [1.165, 1.54) is 29.6 Å². The van der Waals surface area contributed by atoms with Crippen LogP contribution in [0.1, 0.15) is 106 Å². The van der Waals surface area contributed by atoms with Crippen molar-refractivity contribution in [1.29, 1.82) is 0 Å². The third kappa shape index (κ3) is 8.16. The van der Waals surface area contributed by atoms with Crippen LogP contribution in [0, 0.1) is 17.8 Å². The van der Waals surface area contributed by atoms with Crippen LogP contribution in [0.3, 0.4) is 0 Å². The summed E-state index contributed by atoms with van der Waals surface area (Å²) in [5.41, 5.74) is 6.12. The van der Waals surface area contributed by atoms with Gasteiger partial charge in [0.15, 0.2) is 11.6 Å². The van der Waals surface area contributed by atoms with Crippen LogP contribution in [-0.4, -0.2) is 51.1 Å². The van der Waals surface area contributed by atoms with Crippen molar-refractivity contribution in [2.24, 2.45) is 17.8 Å². The maximum Gasteiger partial charge on any atom is 0.167 e. The molecule has 0 spiro atoms. The Labute approximate surface area is 276 Å². The highest BCUT2D eigenvalue weighted by Gasteiger charge is 2.40. The first kappa shape index (κ1) is 35.6. The van der Waals surface area contributed by atoms with Gasteiger partial charge in [-0.2, -0.15) is 0 Å². The van der Waals surface area contributed by atoms with Gasteiger partial charge < -0.3 is 19.7 Å². The molecule has 2 aromatic rings. The Morgan fingerprint density at radius 3 is 2.37 bits per heavy atom. The number of aromatic nitrogens is 3. The SMILES string of the molecule is CCCCC(CC)COCC(O)COc1ccc(-c2nc(C3=C(C)C=C(C)CC3C)nc(C3(C)C(C)=CC(C)=CC3C)n2)c(O)c1. The summed E-state index contributed by atoms with van der Waals surface area (Å²) in [6, 6.07) is 5.13. The van der Waals surface area contributed by atoms with Crippen molar-refractivity contribution in [1.82, 2.24) is 15.0 Å². The molecule has 2 N–H and O–H groups in total. The average molecular weight is 630 g/mol. The number of benzene rings is 1. The molecule has 0 saturated heterocycles. The molecule has 1 aromatic carbocycles. The monoisotopic (exact) mass is 629 g/mol. The molecule has 4 rings (SSSR count). The molecular weight excluding hydrogens is 574 g/mol. The van der Waals surface area contributed by atoms with Crippen molar-refractivity contribution in [3.8, 4) is 22.9 Å². The molecule has 5 atom stereocenters. The molecule has 1 heterocycles. The molecule has 5 unspecified atom stereocenters. The first-order valence-electron chi connectivity index (χ1n) is 17.1. The highest BCUT2D eigenvalue weighted by molar-refractivity contribution is 5.72. The maximum atomic E-state index is 11.2. The van der Waals surface area contributed by atoms with Gasteiger partial charge in [-0.05, 0) is 82.9 Å². The van der Waals surface area contributed by atoms with Crippen LogP contribution in [0.5, 0.6) is 11.5 Å². The Bertz CT molecular complexity index is 1510. The highest BCUT2D eigenvalue weighted by Crippen LogP contribution is 2.44. The predicted octanol–water partition coefficient (Wildman–Crippen LogP) is 8.78. The van der Waals surface area contributed by atoms with Crippen molar-refractivity contribution in [3.05, 3.63) is 70.4 Å². The lowest BCUT2D eigenvalue weighted by atomic mass is 9.68. The van der Waals surface area contributed by atoms with Crippen molar-refractivity contribution < 1.29 is 19.7 Å². The van der Waals surface area contributed by atoms with E-state index < -0.39 is 11.5 Å². The minimum atomic E-state index is -0.766. The second-order valence-corrected chi connectivity index (χ2v) is 13.8. The van der Waals surface area contributed by atoms with Crippen molar-refractivity contribution in [2.75, 3.05) is 19.8 Å². The van der Waals surface area contributed by atoms with Gasteiger partial charge >= 0.3 is 0 Å². The van der Waals surface area contributed by atoms with Crippen LogP contribution in [0.15, 0.2) is 58.7 Å². The van der Waals surface area contributed by atoms with E-state index in [4.69, 9.17) is 24.4 Å². The maximum absolute atomic E-state index is 11.2. The van der Waals surface area contributed by atoms with E-state index in [9.17, 15) is 10.2 Å². The predicted molar refractivity (Wildman–Crippen MR) is 187 cm³/mol. The summed E-state index contributed by atoms with van der Waals surface area (Å²) in [6.45, 7) is 20.5. The number of aliphatic hydroxyl groups excluding tert-OH is 1. The molecule has 46 heavy (non-hydrogen) atoms. The molecule has 0 saturated carbocycles. The van der Waals surface area contributed by atoms with E-state index in [1.54, 1.807) is 18.2 Å². The largest absolute Gasteiger partial charge is 0.507 e. The molecule has 0 amide bonds. The first-order valence-corrected chi connectivity index (χ1v) is 17.1. The van der Waals surface area contributed by atoms with Crippen molar-refractivity contribution in [2.45, 2.75) is 106 Å². The molecule has 250 valence electrons. The molecule has 2 aliphatic rings. The van der Waals surface area contributed by atoms with Crippen molar-refractivity contribution >= 4 is 5.57 Å². The summed E-state index contributed by atoms with van der Waals surface area (Å²) in [5.74, 6) is 3.19. The van der Waals surface area contributed by atoms with Crippen molar-refractivity contribution in [3.63, 3.8) is 0 Å². The second-order valence-electron chi connectivity index (χ2n) is 13.8. The molecule has 0 aliphatic heterocycles. The van der Waals surface area contributed by atoms with E-state index >= 15 is 0 Å². The Kier molecular flexibility index (Phi) is 12.0. The second kappa shape index (κ2) is 15.5. The number of aliphatic hydroxyl groups is 1. The van der Waals surface area contributed by atoms with Crippen LogP contribution in [0.2, 0.25) is 0 Å². The average Bonchev–Trinajstić information content (AvgIpc) is 2.99. The van der Waals surface area contributed by atoms with Gasteiger partial charge in [-0.15, -0.1) is 0 Å². The summed E-state index contributed by atoms with van der Waals surface area (Å²) in [6.07, 6.45) is 11.5. The summed E-state index contributed by atoms with van der Waals surface area (Å²) >= 11 is 0. The van der Waals surface area contributed by atoms with Gasteiger partial charge in [-0.3, -0.25) is 0 Å². The highest BCUT2D eigenvalue weighted by atomic mass is 16.5. The van der Waals surface area contributed by atoms with Gasteiger partial charge in [-0.1, -0.05) is 81.9 Å². The Balaban J connectivity index is 1.60. The Hall–Kier alpha value is -3.29. The zero-order valence-corrected chi connectivity index (χ0v) is 29.5. The molecule has 7 heteroatoms. The number of allylic oxidation sites excluding steroid dienone is 8.